The summed E-state index contributed by atoms with van der Waals surface area (Å²) in [4.78, 5) is 23.8. The highest BCUT2D eigenvalue weighted by atomic mass is 32.1. The number of thiophene rings is 1. The van der Waals surface area contributed by atoms with Crippen molar-refractivity contribution in [2.75, 3.05) is 13.7 Å². The second kappa shape index (κ2) is 5.92. The average Bonchev–Trinajstić information content (AvgIpc) is 3.02. The van der Waals surface area contributed by atoms with Crippen molar-refractivity contribution < 1.29 is 14.3 Å². The minimum absolute atomic E-state index is 0.129. The van der Waals surface area contributed by atoms with Gasteiger partial charge >= 0.3 is 5.97 Å². The SMILES string of the molecule is COC(=O)CNC(=O)c1sccc1-n1c(C)ccc1C. The third-order valence-corrected chi connectivity index (χ3v) is 3.89. The van der Waals surface area contributed by atoms with Gasteiger partial charge in [0.25, 0.3) is 5.91 Å². The summed E-state index contributed by atoms with van der Waals surface area (Å²) in [5.74, 6) is -0.738. The van der Waals surface area contributed by atoms with Gasteiger partial charge in [-0.3, -0.25) is 9.59 Å². The summed E-state index contributed by atoms with van der Waals surface area (Å²) >= 11 is 1.35. The molecular weight excluding hydrogens is 276 g/mol. The predicted molar refractivity (Wildman–Crippen MR) is 77.5 cm³/mol. The van der Waals surface area contributed by atoms with E-state index in [-0.39, 0.29) is 12.5 Å². The zero-order valence-corrected chi connectivity index (χ0v) is 12.4. The Morgan fingerprint density at radius 3 is 2.50 bits per heavy atom. The molecule has 0 aromatic carbocycles. The van der Waals surface area contributed by atoms with Crippen LogP contribution in [0.4, 0.5) is 0 Å². The molecule has 0 bridgehead atoms. The van der Waals surface area contributed by atoms with Gasteiger partial charge in [0.2, 0.25) is 0 Å². The first-order chi connectivity index (χ1) is 9.54. The van der Waals surface area contributed by atoms with Gasteiger partial charge in [-0.05, 0) is 37.4 Å². The molecule has 0 saturated heterocycles. The Kier molecular flexibility index (Phi) is 4.24. The van der Waals surface area contributed by atoms with Gasteiger partial charge in [0.1, 0.15) is 11.4 Å². The van der Waals surface area contributed by atoms with Crippen LogP contribution in [-0.2, 0) is 9.53 Å². The smallest absolute Gasteiger partial charge is 0.325 e. The summed E-state index contributed by atoms with van der Waals surface area (Å²) in [6.07, 6.45) is 0. The van der Waals surface area contributed by atoms with Crippen LogP contribution in [0.15, 0.2) is 23.6 Å². The van der Waals surface area contributed by atoms with E-state index in [1.807, 2.05) is 42.0 Å². The number of nitrogens with zero attached hydrogens (tertiary/aromatic N) is 1. The van der Waals surface area contributed by atoms with Gasteiger partial charge in [-0.15, -0.1) is 11.3 Å². The van der Waals surface area contributed by atoms with E-state index in [1.54, 1.807) is 0 Å². The van der Waals surface area contributed by atoms with Crippen molar-refractivity contribution in [3.63, 3.8) is 0 Å². The molecule has 6 heteroatoms. The van der Waals surface area contributed by atoms with Crippen molar-refractivity contribution in [1.29, 1.82) is 0 Å². The van der Waals surface area contributed by atoms with Crippen molar-refractivity contribution in [2.24, 2.45) is 0 Å². The van der Waals surface area contributed by atoms with Gasteiger partial charge in [0.15, 0.2) is 0 Å². The lowest BCUT2D eigenvalue weighted by Crippen LogP contribution is -2.30. The van der Waals surface area contributed by atoms with Crippen LogP contribution in [0.1, 0.15) is 21.1 Å². The molecule has 0 aliphatic rings. The molecule has 0 unspecified atom stereocenters. The minimum Gasteiger partial charge on any atom is -0.468 e. The Balaban J connectivity index is 2.25. The lowest BCUT2D eigenvalue weighted by Gasteiger charge is -2.10. The number of amides is 1. The monoisotopic (exact) mass is 292 g/mol. The number of nitrogens with one attached hydrogen (secondary N) is 1. The van der Waals surface area contributed by atoms with Gasteiger partial charge in [0, 0.05) is 11.4 Å². The molecule has 0 fully saturated rings. The Labute approximate surface area is 121 Å². The molecule has 0 aliphatic heterocycles. The number of methoxy groups -OCH3 is 1. The first-order valence-corrected chi connectivity index (χ1v) is 7.00. The van der Waals surface area contributed by atoms with Gasteiger partial charge in [0.05, 0.1) is 12.8 Å². The summed E-state index contributed by atoms with van der Waals surface area (Å²) in [6, 6.07) is 5.91. The molecule has 0 aliphatic carbocycles. The maximum atomic E-state index is 12.1. The number of carbonyl (C=O) groups is 2. The van der Waals surface area contributed by atoms with Gasteiger partial charge < -0.3 is 14.6 Å². The Bertz CT molecular complexity index is 623. The van der Waals surface area contributed by atoms with E-state index < -0.39 is 5.97 Å². The fraction of sp³-hybridized carbons (Fsp3) is 0.286. The van der Waals surface area contributed by atoms with Crippen molar-refractivity contribution in [3.05, 3.63) is 39.8 Å². The molecule has 5 nitrogen and oxygen atoms in total. The fourth-order valence-electron chi connectivity index (χ4n) is 2.00. The summed E-state index contributed by atoms with van der Waals surface area (Å²) in [7, 11) is 1.29. The van der Waals surface area contributed by atoms with E-state index in [1.165, 1.54) is 18.4 Å². The maximum absolute atomic E-state index is 12.1. The van der Waals surface area contributed by atoms with Crippen LogP contribution in [0.3, 0.4) is 0 Å². The van der Waals surface area contributed by atoms with Crippen LogP contribution < -0.4 is 5.32 Å². The van der Waals surface area contributed by atoms with E-state index in [4.69, 9.17) is 0 Å². The summed E-state index contributed by atoms with van der Waals surface area (Å²) < 4.78 is 6.52. The zero-order valence-electron chi connectivity index (χ0n) is 11.6. The molecule has 106 valence electrons. The summed E-state index contributed by atoms with van der Waals surface area (Å²) in [6.45, 7) is 3.85. The number of aryl methyl sites for hydroxylation is 2. The number of esters is 1. The van der Waals surface area contributed by atoms with Crippen molar-refractivity contribution >= 4 is 23.2 Å². The van der Waals surface area contributed by atoms with Crippen LogP contribution >= 0.6 is 11.3 Å². The molecule has 20 heavy (non-hydrogen) atoms. The normalized spacial score (nSPS) is 10.3. The number of hydrogen-bond donors (Lipinski definition) is 1. The Morgan fingerprint density at radius 1 is 1.25 bits per heavy atom. The predicted octanol–water partition coefficient (Wildman–Crippen LogP) is 2.06. The molecule has 2 aromatic heterocycles. The highest BCUT2D eigenvalue weighted by Crippen LogP contribution is 2.24. The minimum atomic E-state index is -0.468. The van der Waals surface area contributed by atoms with E-state index in [0.717, 1.165) is 17.1 Å². The topological polar surface area (TPSA) is 60.3 Å². The summed E-state index contributed by atoms with van der Waals surface area (Å²) in [5.41, 5.74) is 2.95. The second-order valence-electron chi connectivity index (χ2n) is 4.35. The number of ether oxygens (including phenoxy) is 1. The van der Waals surface area contributed by atoms with E-state index in [2.05, 4.69) is 10.1 Å². The number of carbonyl (C=O) groups excluding carboxylic acids is 2. The van der Waals surface area contributed by atoms with E-state index in [0.29, 0.717) is 4.88 Å². The highest BCUT2D eigenvalue weighted by molar-refractivity contribution is 7.12. The second-order valence-corrected chi connectivity index (χ2v) is 5.26. The number of hydrogen-bond acceptors (Lipinski definition) is 4. The summed E-state index contributed by atoms with van der Waals surface area (Å²) in [5, 5.41) is 4.42. The Morgan fingerprint density at radius 2 is 1.90 bits per heavy atom. The molecule has 1 N–H and O–H groups in total. The molecule has 0 atom stereocenters. The molecule has 2 aromatic rings. The van der Waals surface area contributed by atoms with Crippen molar-refractivity contribution in [3.8, 4) is 5.69 Å². The molecule has 0 radical (unpaired) electrons. The highest BCUT2D eigenvalue weighted by Gasteiger charge is 2.17. The third-order valence-electron chi connectivity index (χ3n) is 2.98. The van der Waals surface area contributed by atoms with Gasteiger partial charge in [-0.2, -0.15) is 0 Å². The third kappa shape index (κ3) is 2.75. The molecule has 0 saturated carbocycles. The molecule has 1 amide bonds. The molecule has 0 spiro atoms. The molecular formula is C14H16N2O3S. The first-order valence-electron chi connectivity index (χ1n) is 6.12. The average molecular weight is 292 g/mol. The molecule has 2 rings (SSSR count). The largest absolute Gasteiger partial charge is 0.468 e. The zero-order chi connectivity index (χ0) is 14.7. The first kappa shape index (κ1) is 14.3. The van der Waals surface area contributed by atoms with Crippen LogP contribution in [-0.4, -0.2) is 30.1 Å². The van der Waals surface area contributed by atoms with Gasteiger partial charge in [-0.25, -0.2) is 0 Å². The quantitative estimate of drug-likeness (QED) is 0.877. The van der Waals surface area contributed by atoms with E-state index in [9.17, 15) is 9.59 Å². The Hall–Kier alpha value is -2.08. The van der Waals surface area contributed by atoms with Crippen molar-refractivity contribution in [1.82, 2.24) is 9.88 Å². The fourth-order valence-corrected chi connectivity index (χ4v) is 2.79. The van der Waals surface area contributed by atoms with Crippen LogP contribution in [0.2, 0.25) is 0 Å². The lowest BCUT2D eigenvalue weighted by molar-refractivity contribution is -0.139. The number of rotatable bonds is 4. The van der Waals surface area contributed by atoms with Crippen LogP contribution in [0, 0.1) is 13.8 Å². The van der Waals surface area contributed by atoms with Gasteiger partial charge in [-0.1, -0.05) is 0 Å². The van der Waals surface area contributed by atoms with Crippen LogP contribution in [0.5, 0.6) is 0 Å². The van der Waals surface area contributed by atoms with Crippen molar-refractivity contribution in [2.45, 2.75) is 13.8 Å². The van der Waals surface area contributed by atoms with Crippen LogP contribution in [0.25, 0.3) is 5.69 Å². The lowest BCUT2D eigenvalue weighted by atomic mass is 10.3. The van der Waals surface area contributed by atoms with E-state index >= 15 is 0 Å². The maximum Gasteiger partial charge on any atom is 0.325 e. The standard InChI is InChI=1S/C14H16N2O3S/c1-9-4-5-10(2)16(9)11-6-7-20-13(11)14(18)15-8-12(17)19-3/h4-7H,8H2,1-3H3,(H,15,18). The molecule has 2 heterocycles. The number of aromatic nitrogens is 1.